The molecule has 0 bridgehead atoms. The van der Waals surface area contributed by atoms with E-state index in [4.69, 9.17) is 27.5 Å². The molecule has 0 radical (unpaired) electrons. The first-order valence-electron chi connectivity index (χ1n) is 5.31. The van der Waals surface area contributed by atoms with Crippen molar-refractivity contribution in [3.8, 4) is 11.6 Å². The summed E-state index contributed by atoms with van der Waals surface area (Å²) in [6, 6.07) is 8.70. The quantitative estimate of drug-likeness (QED) is 0.659. The molecule has 92 valence electrons. The number of ether oxygens (including phenoxy) is 1. The fourth-order valence-electron chi connectivity index (χ4n) is 1.47. The van der Waals surface area contributed by atoms with Gasteiger partial charge in [0.25, 0.3) is 0 Å². The van der Waals surface area contributed by atoms with E-state index in [9.17, 15) is 0 Å². The smallest absolute Gasteiger partial charge is 0.230 e. The summed E-state index contributed by atoms with van der Waals surface area (Å²) in [6.07, 6.45) is 1.59. The standard InChI is InChI=1S/C13H12ClN3O/c1-8-7-9(4-5-11(8)14)18-13-10(12(15)16)3-2-6-17-13/h2-7H,1H3,(H3,15,16). The van der Waals surface area contributed by atoms with Crippen molar-refractivity contribution >= 4 is 17.4 Å². The molecule has 1 heterocycles. The Labute approximate surface area is 110 Å². The number of pyridine rings is 1. The average Bonchev–Trinajstić information content (AvgIpc) is 2.34. The lowest BCUT2D eigenvalue weighted by atomic mass is 10.2. The monoisotopic (exact) mass is 261 g/mol. The second-order valence-corrected chi connectivity index (χ2v) is 4.19. The van der Waals surface area contributed by atoms with Gasteiger partial charge >= 0.3 is 0 Å². The van der Waals surface area contributed by atoms with Gasteiger partial charge in [-0.25, -0.2) is 4.98 Å². The molecule has 0 aliphatic rings. The second-order valence-electron chi connectivity index (χ2n) is 3.78. The van der Waals surface area contributed by atoms with Crippen LogP contribution in [0.1, 0.15) is 11.1 Å². The van der Waals surface area contributed by atoms with Gasteiger partial charge in [-0.15, -0.1) is 0 Å². The van der Waals surface area contributed by atoms with E-state index in [0.29, 0.717) is 22.2 Å². The summed E-state index contributed by atoms with van der Waals surface area (Å²) in [5, 5.41) is 8.13. The largest absolute Gasteiger partial charge is 0.438 e. The third-order valence-corrected chi connectivity index (χ3v) is 2.83. The molecule has 3 N–H and O–H groups in total. The van der Waals surface area contributed by atoms with Crippen molar-refractivity contribution in [3.05, 3.63) is 52.7 Å². The number of nitrogens with one attached hydrogen (secondary N) is 1. The van der Waals surface area contributed by atoms with Gasteiger partial charge in [-0.1, -0.05) is 11.6 Å². The number of aryl methyl sites for hydroxylation is 1. The Bertz CT molecular complexity index is 599. The summed E-state index contributed by atoms with van der Waals surface area (Å²) in [7, 11) is 0. The first kappa shape index (κ1) is 12.4. The summed E-state index contributed by atoms with van der Waals surface area (Å²) in [5.41, 5.74) is 6.84. The van der Waals surface area contributed by atoms with Crippen LogP contribution in [0.25, 0.3) is 0 Å². The molecule has 1 aromatic heterocycles. The molecule has 0 unspecified atom stereocenters. The van der Waals surface area contributed by atoms with Gasteiger partial charge in [-0.2, -0.15) is 0 Å². The minimum Gasteiger partial charge on any atom is -0.438 e. The molecule has 0 spiro atoms. The van der Waals surface area contributed by atoms with Crippen LogP contribution >= 0.6 is 11.6 Å². The van der Waals surface area contributed by atoms with Crippen molar-refractivity contribution in [2.75, 3.05) is 0 Å². The first-order valence-corrected chi connectivity index (χ1v) is 5.69. The number of halogens is 1. The van der Waals surface area contributed by atoms with Crippen LogP contribution in [0.5, 0.6) is 11.6 Å². The Morgan fingerprint density at radius 2 is 2.17 bits per heavy atom. The number of hydrogen-bond donors (Lipinski definition) is 2. The number of nitrogens with zero attached hydrogens (tertiary/aromatic N) is 1. The summed E-state index contributed by atoms with van der Waals surface area (Å²) in [5.74, 6) is 0.841. The van der Waals surface area contributed by atoms with E-state index in [-0.39, 0.29) is 5.84 Å². The lowest BCUT2D eigenvalue weighted by molar-refractivity contribution is 0.461. The van der Waals surface area contributed by atoms with E-state index in [1.54, 1.807) is 36.5 Å². The predicted octanol–water partition coefficient (Wildman–Crippen LogP) is 3.12. The molecule has 0 aliphatic carbocycles. The van der Waals surface area contributed by atoms with E-state index >= 15 is 0 Å². The van der Waals surface area contributed by atoms with Gasteiger partial charge in [0.05, 0.1) is 5.56 Å². The fraction of sp³-hybridized carbons (Fsp3) is 0.0769. The molecule has 5 heteroatoms. The number of aromatic nitrogens is 1. The third-order valence-electron chi connectivity index (χ3n) is 2.41. The molecule has 0 fully saturated rings. The number of benzene rings is 1. The second kappa shape index (κ2) is 5.06. The number of nitrogens with two attached hydrogens (primary N) is 1. The Kier molecular flexibility index (Phi) is 3.48. The van der Waals surface area contributed by atoms with E-state index in [0.717, 1.165) is 5.56 Å². The minimum absolute atomic E-state index is 0.0798. The van der Waals surface area contributed by atoms with E-state index in [1.807, 2.05) is 6.92 Å². The summed E-state index contributed by atoms with van der Waals surface area (Å²) < 4.78 is 5.62. The first-order chi connectivity index (χ1) is 8.58. The van der Waals surface area contributed by atoms with Crippen LogP contribution in [-0.2, 0) is 0 Å². The van der Waals surface area contributed by atoms with Crippen LogP contribution in [0, 0.1) is 12.3 Å². The van der Waals surface area contributed by atoms with E-state index in [1.165, 1.54) is 0 Å². The van der Waals surface area contributed by atoms with Crippen LogP contribution < -0.4 is 10.5 Å². The molecule has 0 saturated carbocycles. The average molecular weight is 262 g/mol. The van der Waals surface area contributed by atoms with Crippen LogP contribution in [0.3, 0.4) is 0 Å². The Morgan fingerprint density at radius 1 is 1.39 bits per heavy atom. The third kappa shape index (κ3) is 2.60. The van der Waals surface area contributed by atoms with Gasteiger partial charge in [0.2, 0.25) is 5.88 Å². The molecule has 0 aliphatic heterocycles. The minimum atomic E-state index is -0.0798. The highest BCUT2D eigenvalue weighted by atomic mass is 35.5. The lowest BCUT2D eigenvalue weighted by Gasteiger charge is -2.09. The van der Waals surface area contributed by atoms with Gasteiger partial charge in [0.15, 0.2) is 0 Å². The predicted molar refractivity (Wildman–Crippen MR) is 71.5 cm³/mol. The zero-order valence-corrected chi connectivity index (χ0v) is 10.5. The number of nitrogen functional groups attached to an aromatic ring is 1. The molecule has 0 saturated heterocycles. The molecular weight excluding hydrogens is 250 g/mol. The van der Waals surface area contributed by atoms with Gasteiger partial charge in [-0.05, 0) is 42.8 Å². The van der Waals surface area contributed by atoms with E-state index in [2.05, 4.69) is 4.98 Å². The van der Waals surface area contributed by atoms with Crippen molar-refractivity contribution in [2.45, 2.75) is 6.92 Å². The maximum Gasteiger partial charge on any atom is 0.230 e. The van der Waals surface area contributed by atoms with Crippen LogP contribution in [0.15, 0.2) is 36.5 Å². The summed E-state index contributed by atoms with van der Waals surface area (Å²) in [4.78, 5) is 4.07. The van der Waals surface area contributed by atoms with Crippen molar-refractivity contribution in [1.29, 1.82) is 5.41 Å². The van der Waals surface area contributed by atoms with Crippen LogP contribution in [0.2, 0.25) is 5.02 Å². The highest BCUT2D eigenvalue weighted by Crippen LogP contribution is 2.26. The molecule has 2 rings (SSSR count). The summed E-state index contributed by atoms with van der Waals surface area (Å²) >= 11 is 5.94. The Hall–Kier alpha value is -2.07. The molecule has 1 aromatic carbocycles. The number of rotatable bonds is 3. The van der Waals surface area contributed by atoms with Crippen molar-refractivity contribution < 1.29 is 4.74 Å². The summed E-state index contributed by atoms with van der Waals surface area (Å²) in [6.45, 7) is 1.89. The van der Waals surface area contributed by atoms with Crippen LogP contribution in [-0.4, -0.2) is 10.8 Å². The van der Waals surface area contributed by atoms with E-state index < -0.39 is 0 Å². The lowest BCUT2D eigenvalue weighted by Crippen LogP contribution is -2.12. The molecule has 4 nitrogen and oxygen atoms in total. The zero-order chi connectivity index (χ0) is 13.1. The Balaban J connectivity index is 2.34. The number of hydrogen-bond acceptors (Lipinski definition) is 3. The van der Waals surface area contributed by atoms with Gasteiger partial charge < -0.3 is 10.5 Å². The van der Waals surface area contributed by atoms with Gasteiger partial charge in [0.1, 0.15) is 11.6 Å². The number of amidine groups is 1. The SMILES string of the molecule is Cc1cc(Oc2ncccc2C(=N)N)ccc1Cl. The van der Waals surface area contributed by atoms with Crippen molar-refractivity contribution in [3.63, 3.8) is 0 Å². The Morgan fingerprint density at radius 3 is 2.83 bits per heavy atom. The highest BCUT2D eigenvalue weighted by molar-refractivity contribution is 6.31. The molecular formula is C13H12ClN3O. The fourth-order valence-corrected chi connectivity index (χ4v) is 1.59. The molecule has 0 atom stereocenters. The zero-order valence-electron chi connectivity index (χ0n) is 9.77. The highest BCUT2D eigenvalue weighted by Gasteiger charge is 2.09. The van der Waals surface area contributed by atoms with Gasteiger partial charge in [0, 0.05) is 11.2 Å². The normalized spacial score (nSPS) is 10.1. The van der Waals surface area contributed by atoms with Crippen molar-refractivity contribution in [1.82, 2.24) is 4.98 Å². The van der Waals surface area contributed by atoms with Crippen molar-refractivity contribution in [2.24, 2.45) is 5.73 Å². The van der Waals surface area contributed by atoms with Gasteiger partial charge in [-0.3, -0.25) is 5.41 Å². The molecule has 18 heavy (non-hydrogen) atoms. The topological polar surface area (TPSA) is 72.0 Å². The maximum atomic E-state index is 7.46. The molecule has 2 aromatic rings. The van der Waals surface area contributed by atoms with Crippen LogP contribution in [0.4, 0.5) is 0 Å². The maximum absolute atomic E-state index is 7.46. The molecule has 0 amide bonds.